The first-order valence-electron chi connectivity index (χ1n) is 7.00. The Morgan fingerprint density at radius 3 is 2.42 bits per heavy atom. The summed E-state index contributed by atoms with van der Waals surface area (Å²) in [7, 11) is 2.00. The Kier molecular flexibility index (Phi) is 3.53. The average molecular weight is 256 g/mol. The van der Waals surface area contributed by atoms with Gasteiger partial charge in [-0.15, -0.1) is 0 Å². The van der Waals surface area contributed by atoms with Gasteiger partial charge in [-0.3, -0.25) is 4.98 Å². The Hall–Kier alpha value is -1.57. The van der Waals surface area contributed by atoms with E-state index in [0.717, 1.165) is 17.6 Å². The lowest BCUT2D eigenvalue weighted by atomic mass is 9.86. The molecule has 0 spiro atoms. The number of rotatable bonds is 2. The Balaban J connectivity index is 2.80. The minimum absolute atomic E-state index is 0.163. The SMILES string of the molecule is CCc1c(C)nc2ccc(C(C)(C)C)cc2c1NC. The lowest BCUT2D eigenvalue weighted by Crippen LogP contribution is -2.11. The maximum Gasteiger partial charge on any atom is 0.0726 e. The Morgan fingerprint density at radius 2 is 1.89 bits per heavy atom. The van der Waals surface area contributed by atoms with Crippen molar-refractivity contribution in [1.82, 2.24) is 4.98 Å². The van der Waals surface area contributed by atoms with Crippen LogP contribution in [0.2, 0.25) is 0 Å². The van der Waals surface area contributed by atoms with Crippen molar-refractivity contribution < 1.29 is 0 Å². The van der Waals surface area contributed by atoms with Crippen LogP contribution in [-0.4, -0.2) is 12.0 Å². The number of aromatic nitrogens is 1. The Bertz CT molecular complexity index is 607. The summed E-state index contributed by atoms with van der Waals surface area (Å²) < 4.78 is 0. The highest BCUT2D eigenvalue weighted by atomic mass is 14.8. The van der Waals surface area contributed by atoms with Crippen LogP contribution in [0.5, 0.6) is 0 Å². The molecular weight excluding hydrogens is 232 g/mol. The van der Waals surface area contributed by atoms with Gasteiger partial charge in [0.15, 0.2) is 0 Å². The first kappa shape index (κ1) is 13.9. The van der Waals surface area contributed by atoms with Crippen molar-refractivity contribution in [3.05, 3.63) is 35.0 Å². The fourth-order valence-electron chi connectivity index (χ4n) is 2.61. The summed E-state index contributed by atoms with van der Waals surface area (Å²) in [6.45, 7) is 11.0. The molecule has 0 fully saturated rings. The molecule has 1 aromatic carbocycles. The summed E-state index contributed by atoms with van der Waals surface area (Å²) in [6.07, 6.45) is 1.00. The predicted octanol–water partition coefficient (Wildman–Crippen LogP) is 4.44. The molecule has 2 nitrogen and oxygen atoms in total. The van der Waals surface area contributed by atoms with Gasteiger partial charge < -0.3 is 5.32 Å². The summed E-state index contributed by atoms with van der Waals surface area (Å²) >= 11 is 0. The minimum Gasteiger partial charge on any atom is -0.387 e. The molecule has 0 atom stereocenters. The standard InChI is InChI=1S/C17H24N2/c1-7-13-11(2)19-15-9-8-12(17(3,4)5)10-14(15)16(13)18-6/h8-10H,7H2,1-6H3,(H,18,19). The predicted molar refractivity (Wildman–Crippen MR) is 84.1 cm³/mol. The second-order valence-electron chi connectivity index (χ2n) is 6.14. The van der Waals surface area contributed by atoms with Gasteiger partial charge in [0.25, 0.3) is 0 Å². The molecule has 19 heavy (non-hydrogen) atoms. The van der Waals surface area contributed by atoms with Gasteiger partial charge in [-0.2, -0.15) is 0 Å². The second-order valence-corrected chi connectivity index (χ2v) is 6.14. The number of anilines is 1. The molecule has 1 N–H and O–H groups in total. The molecule has 0 aliphatic carbocycles. The number of nitrogens with one attached hydrogen (secondary N) is 1. The maximum atomic E-state index is 4.74. The fourth-order valence-corrected chi connectivity index (χ4v) is 2.61. The van der Waals surface area contributed by atoms with Crippen LogP contribution in [0.3, 0.4) is 0 Å². The molecule has 0 aliphatic rings. The van der Waals surface area contributed by atoms with Gasteiger partial charge in [-0.25, -0.2) is 0 Å². The van der Waals surface area contributed by atoms with E-state index in [9.17, 15) is 0 Å². The van der Waals surface area contributed by atoms with E-state index in [4.69, 9.17) is 4.98 Å². The lowest BCUT2D eigenvalue weighted by molar-refractivity contribution is 0.591. The van der Waals surface area contributed by atoms with Crippen molar-refractivity contribution in [2.24, 2.45) is 0 Å². The number of aryl methyl sites for hydroxylation is 1. The first-order valence-corrected chi connectivity index (χ1v) is 7.00. The molecule has 0 aliphatic heterocycles. The zero-order chi connectivity index (χ0) is 14.2. The van der Waals surface area contributed by atoms with Gasteiger partial charge in [-0.05, 0) is 42.0 Å². The van der Waals surface area contributed by atoms with Gasteiger partial charge in [0.05, 0.1) is 5.52 Å². The minimum atomic E-state index is 0.163. The van der Waals surface area contributed by atoms with E-state index < -0.39 is 0 Å². The van der Waals surface area contributed by atoms with E-state index >= 15 is 0 Å². The Morgan fingerprint density at radius 1 is 1.21 bits per heavy atom. The van der Waals surface area contributed by atoms with Crippen molar-refractivity contribution in [1.29, 1.82) is 0 Å². The zero-order valence-electron chi connectivity index (χ0n) is 12.9. The normalized spacial score (nSPS) is 11.9. The lowest BCUT2D eigenvalue weighted by Gasteiger charge is -2.21. The summed E-state index contributed by atoms with van der Waals surface area (Å²) in [5, 5.41) is 4.60. The smallest absolute Gasteiger partial charge is 0.0726 e. The third-order valence-electron chi connectivity index (χ3n) is 3.76. The van der Waals surface area contributed by atoms with Crippen LogP contribution in [-0.2, 0) is 11.8 Å². The molecule has 1 heterocycles. The summed E-state index contributed by atoms with van der Waals surface area (Å²) in [4.78, 5) is 4.74. The molecule has 0 saturated carbocycles. The van der Waals surface area contributed by atoms with Crippen molar-refractivity contribution in [2.75, 3.05) is 12.4 Å². The number of fused-ring (bicyclic) bond motifs is 1. The maximum absolute atomic E-state index is 4.74. The van der Waals surface area contributed by atoms with Gasteiger partial charge in [0.1, 0.15) is 0 Å². The molecule has 1 aromatic heterocycles. The molecule has 0 bridgehead atoms. The molecule has 0 radical (unpaired) electrons. The van der Waals surface area contributed by atoms with Crippen molar-refractivity contribution in [3.63, 3.8) is 0 Å². The van der Waals surface area contributed by atoms with Gasteiger partial charge in [0, 0.05) is 23.8 Å². The van der Waals surface area contributed by atoms with E-state index in [2.05, 4.69) is 58.1 Å². The van der Waals surface area contributed by atoms with Crippen LogP contribution in [0.4, 0.5) is 5.69 Å². The average Bonchev–Trinajstić information content (AvgIpc) is 2.35. The third-order valence-corrected chi connectivity index (χ3v) is 3.76. The molecule has 0 amide bonds. The Labute approximate surface area is 116 Å². The molecule has 2 heteroatoms. The number of benzene rings is 1. The number of hydrogen-bond acceptors (Lipinski definition) is 2. The van der Waals surface area contributed by atoms with E-state index in [-0.39, 0.29) is 5.41 Å². The van der Waals surface area contributed by atoms with Crippen LogP contribution < -0.4 is 5.32 Å². The second kappa shape index (κ2) is 4.84. The van der Waals surface area contributed by atoms with E-state index in [1.807, 2.05) is 7.05 Å². The first-order chi connectivity index (χ1) is 8.88. The topological polar surface area (TPSA) is 24.9 Å². The molecular formula is C17H24N2. The number of hydrogen-bond donors (Lipinski definition) is 1. The molecule has 0 saturated heterocycles. The van der Waals surface area contributed by atoms with Gasteiger partial charge in [-0.1, -0.05) is 33.8 Å². The molecule has 2 aromatic rings. The fraction of sp³-hybridized carbons (Fsp3) is 0.471. The highest BCUT2D eigenvalue weighted by Gasteiger charge is 2.16. The van der Waals surface area contributed by atoms with E-state index in [1.165, 1.54) is 22.2 Å². The highest BCUT2D eigenvalue weighted by Crippen LogP contribution is 2.32. The number of nitrogens with zero attached hydrogens (tertiary/aromatic N) is 1. The van der Waals surface area contributed by atoms with Crippen molar-refractivity contribution >= 4 is 16.6 Å². The monoisotopic (exact) mass is 256 g/mol. The molecule has 102 valence electrons. The van der Waals surface area contributed by atoms with Crippen LogP contribution >= 0.6 is 0 Å². The van der Waals surface area contributed by atoms with Crippen LogP contribution in [0.25, 0.3) is 10.9 Å². The summed E-state index contributed by atoms with van der Waals surface area (Å²) in [5.41, 5.74) is 6.27. The third kappa shape index (κ3) is 2.44. The highest BCUT2D eigenvalue weighted by molar-refractivity contribution is 5.94. The van der Waals surface area contributed by atoms with Crippen LogP contribution in [0.1, 0.15) is 44.5 Å². The van der Waals surface area contributed by atoms with Crippen molar-refractivity contribution in [3.8, 4) is 0 Å². The van der Waals surface area contributed by atoms with E-state index in [0.29, 0.717) is 0 Å². The molecule has 0 unspecified atom stereocenters. The largest absolute Gasteiger partial charge is 0.387 e. The zero-order valence-corrected chi connectivity index (χ0v) is 12.9. The van der Waals surface area contributed by atoms with Gasteiger partial charge in [0.2, 0.25) is 0 Å². The van der Waals surface area contributed by atoms with Crippen molar-refractivity contribution in [2.45, 2.75) is 46.5 Å². The van der Waals surface area contributed by atoms with Crippen LogP contribution in [0, 0.1) is 6.92 Å². The summed E-state index contributed by atoms with van der Waals surface area (Å²) in [5.74, 6) is 0. The molecule has 2 rings (SSSR count). The summed E-state index contributed by atoms with van der Waals surface area (Å²) in [6, 6.07) is 6.62. The number of pyridine rings is 1. The van der Waals surface area contributed by atoms with Crippen LogP contribution in [0.15, 0.2) is 18.2 Å². The quantitative estimate of drug-likeness (QED) is 0.859. The van der Waals surface area contributed by atoms with Gasteiger partial charge >= 0.3 is 0 Å². The van der Waals surface area contributed by atoms with E-state index in [1.54, 1.807) is 0 Å².